The molecule has 0 heterocycles. The smallest absolute Gasteiger partial charge is 0.227 e. The normalized spacial score (nSPS) is 12.2. The molecule has 1 atom stereocenters. The summed E-state index contributed by atoms with van der Waals surface area (Å²) in [5.41, 5.74) is 0.768. The van der Waals surface area contributed by atoms with Crippen molar-refractivity contribution in [2.75, 3.05) is 5.32 Å². The van der Waals surface area contributed by atoms with Gasteiger partial charge in [-0.25, -0.2) is 0 Å². The lowest BCUT2D eigenvalue weighted by Gasteiger charge is -2.11. The van der Waals surface area contributed by atoms with Gasteiger partial charge >= 0.3 is 0 Å². The summed E-state index contributed by atoms with van der Waals surface area (Å²) >= 11 is 9.19. The van der Waals surface area contributed by atoms with E-state index in [1.165, 1.54) is 0 Å². The molecule has 0 bridgehead atoms. The van der Waals surface area contributed by atoms with Crippen LogP contribution in [0.4, 0.5) is 5.69 Å². The van der Waals surface area contributed by atoms with Crippen molar-refractivity contribution in [3.05, 3.63) is 27.7 Å². The number of carbonyl (C=O) groups is 1. The molecule has 2 nitrogen and oxygen atoms in total. The molecule has 1 aromatic carbocycles. The van der Waals surface area contributed by atoms with Crippen molar-refractivity contribution in [2.24, 2.45) is 5.92 Å². The molecule has 0 aliphatic carbocycles. The summed E-state index contributed by atoms with van der Waals surface area (Å²) in [6, 6.07) is 5.36. The van der Waals surface area contributed by atoms with E-state index in [-0.39, 0.29) is 11.8 Å². The Balaban J connectivity index is 2.66. The molecule has 0 spiro atoms. The zero-order valence-electron chi connectivity index (χ0n) is 9.39. The maximum absolute atomic E-state index is 11.7. The van der Waals surface area contributed by atoms with Crippen molar-refractivity contribution >= 4 is 39.1 Å². The predicted octanol–water partition coefficient (Wildman–Crippen LogP) is 4.48. The lowest BCUT2D eigenvalue weighted by molar-refractivity contribution is -0.119. The Kier molecular flexibility index (Phi) is 5.29. The molecule has 1 unspecified atom stereocenters. The summed E-state index contributed by atoms with van der Waals surface area (Å²) in [7, 11) is 0. The number of hydrogen-bond donors (Lipinski definition) is 1. The molecule has 0 fully saturated rings. The van der Waals surface area contributed by atoms with Crippen LogP contribution in [0.15, 0.2) is 22.7 Å². The standard InChI is InChI=1S/C12H15BrClNO/c1-3-4-8(2)12(16)15-9-5-6-11(14)10(13)7-9/h5-8H,3-4H2,1-2H3,(H,15,16). The van der Waals surface area contributed by atoms with Crippen molar-refractivity contribution in [3.8, 4) is 0 Å². The number of benzene rings is 1. The third-order valence-corrected chi connectivity index (χ3v) is 3.57. The van der Waals surface area contributed by atoms with Crippen molar-refractivity contribution in [1.82, 2.24) is 0 Å². The molecule has 16 heavy (non-hydrogen) atoms. The van der Waals surface area contributed by atoms with Gasteiger partial charge in [0.2, 0.25) is 5.91 Å². The molecular weight excluding hydrogens is 289 g/mol. The van der Waals surface area contributed by atoms with Crippen LogP contribution < -0.4 is 5.32 Å². The summed E-state index contributed by atoms with van der Waals surface area (Å²) in [4.78, 5) is 11.7. The van der Waals surface area contributed by atoms with Crippen LogP contribution in [0.1, 0.15) is 26.7 Å². The van der Waals surface area contributed by atoms with Crippen LogP contribution in [-0.2, 0) is 4.79 Å². The fourth-order valence-electron chi connectivity index (χ4n) is 1.40. The van der Waals surface area contributed by atoms with Crippen LogP contribution in [0.25, 0.3) is 0 Å². The molecule has 0 saturated carbocycles. The molecule has 1 amide bonds. The molecule has 0 radical (unpaired) electrons. The van der Waals surface area contributed by atoms with Gasteiger partial charge in [-0.05, 0) is 40.5 Å². The number of hydrogen-bond acceptors (Lipinski definition) is 1. The molecule has 0 saturated heterocycles. The maximum atomic E-state index is 11.7. The third kappa shape index (κ3) is 3.80. The van der Waals surface area contributed by atoms with Gasteiger partial charge in [-0.1, -0.05) is 31.9 Å². The van der Waals surface area contributed by atoms with E-state index in [0.717, 1.165) is 23.0 Å². The van der Waals surface area contributed by atoms with Gasteiger partial charge in [-0.3, -0.25) is 4.79 Å². The first-order chi connectivity index (χ1) is 7.54. The second kappa shape index (κ2) is 6.26. The first kappa shape index (κ1) is 13.5. The van der Waals surface area contributed by atoms with Gasteiger partial charge in [0, 0.05) is 16.1 Å². The van der Waals surface area contributed by atoms with E-state index in [1.807, 2.05) is 6.92 Å². The summed E-state index contributed by atoms with van der Waals surface area (Å²) in [5.74, 6) is 0.0931. The minimum Gasteiger partial charge on any atom is -0.326 e. The van der Waals surface area contributed by atoms with Gasteiger partial charge in [0.15, 0.2) is 0 Å². The van der Waals surface area contributed by atoms with Gasteiger partial charge < -0.3 is 5.32 Å². The summed E-state index contributed by atoms with van der Waals surface area (Å²) in [5, 5.41) is 3.51. The predicted molar refractivity (Wildman–Crippen MR) is 71.9 cm³/mol. The number of amides is 1. The Hall–Kier alpha value is -0.540. The Labute approximate surface area is 110 Å². The van der Waals surface area contributed by atoms with Crippen LogP contribution >= 0.6 is 27.5 Å². The van der Waals surface area contributed by atoms with E-state index < -0.39 is 0 Å². The highest BCUT2D eigenvalue weighted by Gasteiger charge is 2.12. The lowest BCUT2D eigenvalue weighted by atomic mass is 10.1. The van der Waals surface area contributed by atoms with Crippen LogP contribution in [0, 0.1) is 5.92 Å². The summed E-state index contributed by atoms with van der Waals surface area (Å²) in [6.45, 7) is 4.01. The highest BCUT2D eigenvalue weighted by Crippen LogP contribution is 2.25. The van der Waals surface area contributed by atoms with Crippen LogP contribution in [0.3, 0.4) is 0 Å². The Morgan fingerprint density at radius 1 is 1.56 bits per heavy atom. The Bertz CT molecular complexity index is 381. The van der Waals surface area contributed by atoms with E-state index in [0.29, 0.717) is 5.02 Å². The van der Waals surface area contributed by atoms with Gasteiger partial charge in [0.1, 0.15) is 0 Å². The zero-order chi connectivity index (χ0) is 12.1. The average Bonchev–Trinajstić information content (AvgIpc) is 2.24. The van der Waals surface area contributed by atoms with Gasteiger partial charge in [0.25, 0.3) is 0 Å². The van der Waals surface area contributed by atoms with Gasteiger partial charge in [-0.2, -0.15) is 0 Å². The molecular formula is C12H15BrClNO. The molecule has 0 aromatic heterocycles. The van der Waals surface area contributed by atoms with Crippen LogP contribution in [-0.4, -0.2) is 5.91 Å². The largest absolute Gasteiger partial charge is 0.326 e. The van der Waals surface area contributed by atoms with Crippen LogP contribution in [0.5, 0.6) is 0 Å². The molecule has 88 valence electrons. The first-order valence-electron chi connectivity index (χ1n) is 5.30. The SMILES string of the molecule is CCCC(C)C(=O)Nc1ccc(Cl)c(Br)c1. The van der Waals surface area contributed by atoms with Gasteiger partial charge in [-0.15, -0.1) is 0 Å². The van der Waals surface area contributed by atoms with Crippen molar-refractivity contribution in [2.45, 2.75) is 26.7 Å². The monoisotopic (exact) mass is 303 g/mol. The van der Waals surface area contributed by atoms with Crippen molar-refractivity contribution < 1.29 is 4.79 Å². The quantitative estimate of drug-likeness (QED) is 0.873. The number of anilines is 1. The fourth-order valence-corrected chi connectivity index (χ4v) is 1.90. The molecule has 0 aliphatic rings. The second-order valence-electron chi connectivity index (χ2n) is 3.81. The molecule has 1 rings (SSSR count). The molecule has 4 heteroatoms. The van der Waals surface area contributed by atoms with Crippen molar-refractivity contribution in [1.29, 1.82) is 0 Å². The van der Waals surface area contributed by atoms with E-state index in [9.17, 15) is 4.79 Å². The topological polar surface area (TPSA) is 29.1 Å². The molecule has 1 N–H and O–H groups in total. The van der Waals surface area contributed by atoms with E-state index in [2.05, 4.69) is 28.2 Å². The number of nitrogens with one attached hydrogen (secondary N) is 1. The third-order valence-electron chi connectivity index (χ3n) is 2.36. The van der Waals surface area contributed by atoms with E-state index >= 15 is 0 Å². The fraction of sp³-hybridized carbons (Fsp3) is 0.417. The summed E-state index contributed by atoms with van der Waals surface area (Å²) < 4.78 is 0.787. The van der Waals surface area contributed by atoms with E-state index in [1.54, 1.807) is 18.2 Å². The summed E-state index contributed by atoms with van der Waals surface area (Å²) in [6.07, 6.45) is 1.92. The van der Waals surface area contributed by atoms with E-state index in [4.69, 9.17) is 11.6 Å². The number of carbonyl (C=O) groups excluding carboxylic acids is 1. The van der Waals surface area contributed by atoms with Gasteiger partial charge in [0.05, 0.1) is 5.02 Å². The maximum Gasteiger partial charge on any atom is 0.227 e. The minimum atomic E-state index is 0.0412. The highest BCUT2D eigenvalue weighted by molar-refractivity contribution is 9.10. The number of halogens is 2. The molecule has 0 aliphatic heterocycles. The van der Waals surface area contributed by atoms with Crippen LogP contribution in [0.2, 0.25) is 5.02 Å². The molecule has 1 aromatic rings. The first-order valence-corrected chi connectivity index (χ1v) is 6.47. The highest BCUT2D eigenvalue weighted by atomic mass is 79.9. The number of rotatable bonds is 4. The Morgan fingerprint density at radius 3 is 2.81 bits per heavy atom. The average molecular weight is 305 g/mol. The van der Waals surface area contributed by atoms with Crippen molar-refractivity contribution in [3.63, 3.8) is 0 Å². The lowest BCUT2D eigenvalue weighted by Crippen LogP contribution is -2.20. The Morgan fingerprint density at radius 2 is 2.25 bits per heavy atom. The second-order valence-corrected chi connectivity index (χ2v) is 5.07. The minimum absolute atomic E-state index is 0.0412. The zero-order valence-corrected chi connectivity index (χ0v) is 11.7.